The van der Waals surface area contributed by atoms with Crippen LogP contribution in [0.1, 0.15) is 40.5 Å². The Morgan fingerprint density at radius 1 is 1.35 bits per heavy atom. The number of rotatable bonds is 5. The number of nitrogens with one attached hydrogen (secondary N) is 2. The third kappa shape index (κ3) is 5.91. The summed E-state index contributed by atoms with van der Waals surface area (Å²) in [5, 5.41) is 5.60. The zero-order valence-electron chi connectivity index (χ0n) is 12.5. The van der Waals surface area contributed by atoms with Crippen LogP contribution in [0.3, 0.4) is 0 Å². The van der Waals surface area contributed by atoms with Crippen molar-refractivity contribution in [2.45, 2.75) is 46.1 Å². The quantitative estimate of drug-likeness (QED) is 0.788. The molecule has 0 saturated carbocycles. The molecule has 2 N–H and O–H groups in total. The van der Waals surface area contributed by atoms with Gasteiger partial charge in [-0.05, 0) is 45.4 Å². The van der Waals surface area contributed by atoms with Crippen LogP contribution in [0, 0.1) is 5.82 Å². The number of ether oxygens (including phenoxy) is 1. The molecule has 5 heteroatoms. The topological polar surface area (TPSA) is 50.4 Å². The first-order valence-corrected chi connectivity index (χ1v) is 6.85. The van der Waals surface area contributed by atoms with Gasteiger partial charge in [-0.1, -0.05) is 13.3 Å². The number of benzene rings is 1. The number of hydrogen-bond donors (Lipinski definition) is 2. The molecule has 0 radical (unpaired) electrons. The SMILES string of the molecule is CCCCNc1cc(NC(=O)OC(C)(C)C)ccc1F. The molecule has 0 aromatic heterocycles. The fraction of sp³-hybridized carbons (Fsp3) is 0.533. The smallest absolute Gasteiger partial charge is 0.412 e. The van der Waals surface area contributed by atoms with Crippen LogP contribution >= 0.6 is 0 Å². The molecule has 0 atom stereocenters. The maximum Gasteiger partial charge on any atom is 0.412 e. The molecule has 112 valence electrons. The first kappa shape index (κ1) is 16.3. The molecule has 1 aromatic carbocycles. The van der Waals surface area contributed by atoms with Crippen LogP contribution in [0.25, 0.3) is 0 Å². The van der Waals surface area contributed by atoms with Crippen molar-refractivity contribution in [3.8, 4) is 0 Å². The Morgan fingerprint density at radius 3 is 2.65 bits per heavy atom. The average molecular weight is 282 g/mol. The Kier molecular flexibility index (Phi) is 5.80. The van der Waals surface area contributed by atoms with Gasteiger partial charge in [0, 0.05) is 12.2 Å². The summed E-state index contributed by atoms with van der Waals surface area (Å²) in [6, 6.07) is 4.39. The Labute approximate surface area is 119 Å². The molecule has 1 amide bonds. The van der Waals surface area contributed by atoms with Crippen molar-refractivity contribution in [2.24, 2.45) is 0 Å². The number of amides is 1. The van der Waals surface area contributed by atoms with E-state index in [2.05, 4.69) is 17.6 Å². The van der Waals surface area contributed by atoms with E-state index in [1.54, 1.807) is 26.8 Å². The van der Waals surface area contributed by atoms with E-state index in [-0.39, 0.29) is 5.82 Å². The van der Waals surface area contributed by atoms with Gasteiger partial charge in [0.2, 0.25) is 0 Å². The number of unbranched alkanes of at least 4 members (excludes halogenated alkanes) is 1. The molecule has 0 unspecified atom stereocenters. The van der Waals surface area contributed by atoms with Crippen molar-refractivity contribution in [2.75, 3.05) is 17.2 Å². The van der Waals surface area contributed by atoms with Crippen molar-refractivity contribution in [3.63, 3.8) is 0 Å². The first-order chi connectivity index (χ1) is 9.31. The molecule has 4 nitrogen and oxygen atoms in total. The van der Waals surface area contributed by atoms with E-state index in [4.69, 9.17) is 4.74 Å². The lowest BCUT2D eigenvalue weighted by atomic mass is 10.2. The molecular weight excluding hydrogens is 259 g/mol. The Bertz CT molecular complexity index is 456. The van der Waals surface area contributed by atoms with Gasteiger partial charge in [0.15, 0.2) is 0 Å². The second kappa shape index (κ2) is 7.12. The van der Waals surface area contributed by atoms with Crippen molar-refractivity contribution < 1.29 is 13.9 Å². The van der Waals surface area contributed by atoms with Gasteiger partial charge in [0.25, 0.3) is 0 Å². The van der Waals surface area contributed by atoms with Gasteiger partial charge in [0.1, 0.15) is 11.4 Å². The molecule has 1 rings (SSSR count). The van der Waals surface area contributed by atoms with Crippen LogP contribution in [0.15, 0.2) is 18.2 Å². The summed E-state index contributed by atoms with van der Waals surface area (Å²) in [5.41, 5.74) is 0.318. The highest BCUT2D eigenvalue weighted by molar-refractivity contribution is 5.85. The second-order valence-electron chi connectivity index (χ2n) is 5.60. The minimum atomic E-state index is -0.563. The Morgan fingerprint density at radius 2 is 2.05 bits per heavy atom. The lowest BCUT2D eigenvalue weighted by Gasteiger charge is -2.20. The summed E-state index contributed by atoms with van der Waals surface area (Å²) < 4.78 is 18.7. The fourth-order valence-electron chi connectivity index (χ4n) is 1.56. The lowest BCUT2D eigenvalue weighted by Crippen LogP contribution is -2.27. The van der Waals surface area contributed by atoms with E-state index in [1.165, 1.54) is 12.1 Å². The lowest BCUT2D eigenvalue weighted by molar-refractivity contribution is 0.0636. The van der Waals surface area contributed by atoms with E-state index >= 15 is 0 Å². The summed E-state index contributed by atoms with van der Waals surface area (Å²) in [4.78, 5) is 11.6. The van der Waals surface area contributed by atoms with E-state index in [9.17, 15) is 9.18 Å². The zero-order valence-corrected chi connectivity index (χ0v) is 12.5. The van der Waals surface area contributed by atoms with E-state index in [0.29, 0.717) is 17.9 Å². The molecule has 0 spiro atoms. The normalized spacial score (nSPS) is 11.1. The summed E-state index contributed by atoms with van der Waals surface area (Å²) in [6.07, 6.45) is 1.44. The van der Waals surface area contributed by atoms with Crippen LogP contribution < -0.4 is 10.6 Å². The fourth-order valence-corrected chi connectivity index (χ4v) is 1.56. The van der Waals surface area contributed by atoms with E-state index < -0.39 is 11.7 Å². The van der Waals surface area contributed by atoms with Gasteiger partial charge in [-0.15, -0.1) is 0 Å². The van der Waals surface area contributed by atoms with Crippen LogP contribution in [0.2, 0.25) is 0 Å². The molecule has 0 fully saturated rings. The average Bonchev–Trinajstić information content (AvgIpc) is 2.31. The number of carbonyl (C=O) groups excluding carboxylic acids is 1. The van der Waals surface area contributed by atoms with Gasteiger partial charge in [-0.3, -0.25) is 5.32 Å². The predicted molar refractivity (Wildman–Crippen MR) is 79.7 cm³/mol. The maximum atomic E-state index is 13.6. The molecule has 0 bridgehead atoms. The molecule has 20 heavy (non-hydrogen) atoms. The second-order valence-corrected chi connectivity index (χ2v) is 5.60. The van der Waals surface area contributed by atoms with Crippen LogP contribution in [-0.2, 0) is 4.74 Å². The third-order valence-electron chi connectivity index (χ3n) is 2.46. The number of halogens is 1. The van der Waals surface area contributed by atoms with Crippen molar-refractivity contribution in [1.82, 2.24) is 0 Å². The molecule has 0 saturated heterocycles. The van der Waals surface area contributed by atoms with Crippen molar-refractivity contribution >= 4 is 17.5 Å². The number of anilines is 2. The van der Waals surface area contributed by atoms with Crippen molar-refractivity contribution in [1.29, 1.82) is 0 Å². The largest absolute Gasteiger partial charge is 0.444 e. The van der Waals surface area contributed by atoms with Gasteiger partial charge in [-0.2, -0.15) is 0 Å². The van der Waals surface area contributed by atoms with Crippen LogP contribution in [0.5, 0.6) is 0 Å². The maximum absolute atomic E-state index is 13.6. The highest BCUT2D eigenvalue weighted by Crippen LogP contribution is 2.20. The molecule has 0 aliphatic carbocycles. The minimum absolute atomic E-state index is 0.337. The summed E-state index contributed by atoms with van der Waals surface area (Å²) in [6.45, 7) is 8.13. The molecule has 0 aliphatic rings. The summed E-state index contributed by atoms with van der Waals surface area (Å²) in [5.74, 6) is -0.337. The first-order valence-electron chi connectivity index (χ1n) is 6.85. The Balaban J connectivity index is 2.67. The van der Waals surface area contributed by atoms with Gasteiger partial charge in [0.05, 0.1) is 5.69 Å². The standard InChI is InChI=1S/C15H23FN2O2/c1-5-6-9-17-13-10-11(7-8-12(13)16)18-14(19)20-15(2,3)4/h7-8,10,17H,5-6,9H2,1-4H3,(H,18,19). The van der Waals surface area contributed by atoms with Crippen molar-refractivity contribution in [3.05, 3.63) is 24.0 Å². The molecule has 0 heterocycles. The predicted octanol–water partition coefficient (Wildman–Crippen LogP) is 4.38. The summed E-state index contributed by atoms with van der Waals surface area (Å²) >= 11 is 0. The molecule has 0 aliphatic heterocycles. The van der Waals surface area contributed by atoms with Gasteiger partial charge >= 0.3 is 6.09 Å². The van der Waals surface area contributed by atoms with Crippen LogP contribution in [-0.4, -0.2) is 18.2 Å². The third-order valence-corrected chi connectivity index (χ3v) is 2.46. The zero-order chi connectivity index (χ0) is 15.2. The highest BCUT2D eigenvalue weighted by Gasteiger charge is 2.16. The molecular formula is C15H23FN2O2. The number of hydrogen-bond acceptors (Lipinski definition) is 3. The molecule has 1 aromatic rings. The van der Waals surface area contributed by atoms with E-state index in [1.807, 2.05) is 0 Å². The monoisotopic (exact) mass is 282 g/mol. The van der Waals surface area contributed by atoms with E-state index in [0.717, 1.165) is 12.8 Å². The highest BCUT2D eigenvalue weighted by atomic mass is 19.1. The minimum Gasteiger partial charge on any atom is -0.444 e. The van der Waals surface area contributed by atoms with Gasteiger partial charge in [-0.25, -0.2) is 9.18 Å². The van der Waals surface area contributed by atoms with Gasteiger partial charge < -0.3 is 10.1 Å². The number of carbonyl (C=O) groups is 1. The summed E-state index contributed by atoms with van der Waals surface area (Å²) in [7, 11) is 0. The Hall–Kier alpha value is -1.78. The van der Waals surface area contributed by atoms with Crippen LogP contribution in [0.4, 0.5) is 20.6 Å².